The van der Waals surface area contributed by atoms with Gasteiger partial charge in [0.05, 0.1) is 29.5 Å². The van der Waals surface area contributed by atoms with Crippen LogP contribution in [0.5, 0.6) is 0 Å². The summed E-state index contributed by atoms with van der Waals surface area (Å²) in [6.45, 7) is 4.62. The molecule has 22 heavy (non-hydrogen) atoms. The van der Waals surface area contributed by atoms with E-state index in [1.165, 1.54) is 18.2 Å². The summed E-state index contributed by atoms with van der Waals surface area (Å²) in [5, 5.41) is 9.95. The number of rotatable bonds is 5. The zero-order valence-corrected chi connectivity index (χ0v) is 13.7. The molecule has 0 N–H and O–H groups in total. The normalized spacial score (nSPS) is 17.8. The molecule has 0 unspecified atom stereocenters. The molecule has 1 atom stereocenters. The lowest BCUT2D eigenvalue weighted by molar-refractivity contribution is 0.0315. The summed E-state index contributed by atoms with van der Waals surface area (Å²) in [4.78, 5) is 16.3. The molecule has 0 radical (unpaired) electrons. The molecule has 118 valence electrons. The number of hydrogen-bond donors (Lipinski definition) is 0. The quantitative estimate of drug-likeness (QED) is 0.613. The van der Waals surface area contributed by atoms with Crippen LogP contribution in [0, 0.1) is 18.3 Å². The predicted molar refractivity (Wildman–Crippen MR) is 84.0 cm³/mol. The van der Waals surface area contributed by atoms with E-state index in [-0.39, 0.29) is 6.10 Å². The van der Waals surface area contributed by atoms with E-state index in [0.717, 1.165) is 25.2 Å². The second kappa shape index (κ2) is 8.16. The Balaban J connectivity index is 2.12. The van der Waals surface area contributed by atoms with Gasteiger partial charge in [0.1, 0.15) is 11.1 Å². The second-order valence-electron chi connectivity index (χ2n) is 5.11. The van der Waals surface area contributed by atoms with Crippen LogP contribution in [0.4, 0.5) is 0 Å². The van der Waals surface area contributed by atoms with Crippen molar-refractivity contribution in [2.75, 3.05) is 19.0 Å². The maximum Gasteiger partial charge on any atom is 0.340 e. The minimum Gasteiger partial charge on any atom is -0.462 e. The second-order valence-corrected chi connectivity index (χ2v) is 6.11. The molecule has 0 bridgehead atoms. The van der Waals surface area contributed by atoms with E-state index < -0.39 is 5.97 Å². The summed E-state index contributed by atoms with van der Waals surface area (Å²) < 4.78 is 10.7. The van der Waals surface area contributed by atoms with Gasteiger partial charge in [-0.15, -0.1) is 11.8 Å². The molecule has 5 nitrogen and oxygen atoms in total. The number of thioether (sulfide) groups is 1. The first-order valence-electron chi connectivity index (χ1n) is 7.49. The minimum absolute atomic E-state index is 0.220. The lowest BCUT2D eigenvalue weighted by atomic mass is 10.1. The summed E-state index contributed by atoms with van der Waals surface area (Å²) in [5.41, 5.74) is 1.36. The number of hydrogen-bond acceptors (Lipinski definition) is 6. The van der Waals surface area contributed by atoms with Gasteiger partial charge < -0.3 is 9.47 Å². The standard InChI is InChI=1S/C16H20N2O3S/c1-3-20-16(19)14-8-12(9-17)15(18-11(14)2)22-10-13-6-4-5-7-21-13/h8,13H,3-7,10H2,1-2H3/t13-/m0/s1. The number of carbonyl (C=O) groups excluding carboxylic acids is 1. The van der Waals surface area contributed by atoms with Crippen LogP contribution in [0.3, 0.4) is 0 Å². The Morgan fingerprint density at radius 3 is 3.05 bits per heavy atom. The third kappa shape index (κ3) is 4.21. The number of esters is 1. The largest absolute Gasteiger partial charge is 0.462 e. The van der Waals surface area contributed by atoms with Crippen molar-refractivity contribution >= 4 is 17.7 Å². The summed E-state index contributed by atoms with van der Waals surface area (Å²) >= 11 is 1.52. The summed E-state index contributed by atoms with van der Waals surface area (Å²) in [6.07, 6.45) is 3.58. The molecule has 1 fully saturated rings. The number of nitrogens with zero attached hydrogens (tertiary/aromatic N) is 2. The molecule has 0 aromatic carbocycles. The van der Waals surface area contributed by atoms with Gasteiger partial charge in [0.2, 0.25) is 0 Å². The van der Waals surface area contributed by atoms with Gasteiger partial charge in [-0.2, -0.15) is 5.26 Å². The molecule has 0 aliphatic carbocycles. The van der Waals surface area contributed by atoms with E-state index >= 15 is 0 Å². The van der Waals surface area contributed by atoms with Crippen molar-refractivity contribution in [3.05, 3.63) is 22.9 Å². The van der Waals surface area contributed by atoms with Crippen molar-refractivity contribution in [3.8, 4) is 6.07 Å². The highest BCUT2D eigenvalue weighted by molar-refractivity contribution is 7.99. The van der Waals surface area contributed by atoms with Crippen molar-refractivity contribution in [1.29, 1.82) is 5.26 Å². The average Bonchev–Trinajstić information content (AvgIpc) is 2.54. The Bertz CT molecular complexity index is 577. The van der Waals surface area contributed by atoms with Gasteiger partial charge in [-0.25, -0.2) is 9.78 Å². The van der Waals surface area contributed by atoms with Crippen molar-refractivity contribution in [3.63, 3.8) is 0 Å². The molecule has 2 heterocycles. The number of aromatic nitrogens is 1. The van der Waals surface area contributed by atoms with Gasteiger partial charge in [0.15, 0.2) is 0 Å². The Labute approximate surface area is 135 Å². The first-order chi connectivity index (χ1) is 10.7. The molecule has 0 spiro atoms. The average molecular weight is 320 g/mol. The van der Waals surface area contributed by atoms with Gasteiger partial charge in [-0.3, -0.25) is 0 Å². The highest BCUT2D eigenvalue weighted by Crippen LogP contribution is 2.26. The van der Waals surface area contributed by atoms with Crippen LogP contribution in [0.15, 0.2) is 11.1 Å². The molecule has 1 aliphatic rings. The van der Waals surface area contributed by atoms with Gasteiger partial charge in [-0.05, 0) is 39.2 Å². The fourth-order valence-electron chi connectivity index (χ4n) is 2.30. The third-order valence-electron chi connectivity index (χ3n) is 3.47. The van der Waals surface area contributed by atoms with E-state index in [4.69, 9.17) is 9.47 Å². The van der Waals surface area contributed by atoms with Gasteiger partial charge >= 0.3 is 5.97 Å². The fraction of sp³-hybridized carbons (Fsp3) is 0.562. The summed E-state index contributed by atoms with van der Waals surface area (Å²) in [5.74, 6) is 0.344. The Hall–Kier alpha value is -1.58. The molecule has 0 amide bonds. The smallest absolute Gasteiger partial charge is 0.340 e. The van der Waals surface area contributed by atoms with Gasteiger partial charge in [0.25, 0.3) is 0 Å². The third-order valence-corrected chi connectivity index (χ3v) is 4.60. The molecule has 1 saturated heterocycles. The molecule has 1 aromatic heterocycles. The fourth-order valence-corrected chi connectivity index (χ4v) is 3.37. The molecule has 2 rings (SSSR count). The molecule has 1 aliphatic heterocycles. The van der Waals surface area contributed by atoms with Gasteiger partial charge in [-0.1, -0.05) is 0 Å². The van der Waals surface area contributed by atoms with Gasteiger partial charge in [0, 0.05) is 12.4 Å². The maximum absolute atomic E-state index is 11.9. The molecular formula is C16H20N2O3S. The predicted octanol–water partition coefficient (Wildman–Crippen LogP) is 3.10. The highest BCUT2D eigenvalue weighted by Gasteiger charge is 2.19. The van der Waals surface area contributed by atoms with Crippen LogP contribution in [0.2, 0.25) is 0 Å². The molecular weight excluding hydrogens is 300 g/mol. The zero-order chi connectivity index (χ0) is 15.9. The zero-order valence-electron chi connectivity index (χ0n) is 12.9. The van der Waals surface area contributed by atoms with Crippen LogP contribution in [-0.4, -0.2) is 36.0 Å². The molecule has 0 saturated carbocycles. The lowest BCUT2D eigenvalue weighted by Gasteiger charge is -2.22. The Morgan fingerprint density at radius 1 is 1.59 bits per heavy atom. The van der Waals surface area contributed by atoms with E-state index in [2.05, 4.69) is 11.1 Å². The number of ether oxygens (including phenoxy) is 2. The van der Waals surface area contributed by atoms with E-state index in [0.29, 0.717) is 28.5 Å². The number of aryl methyl sites for hydroxylation is 1. The van der Waals surface area contributed by atoms with E-state index in [1.54, 1.807) is 19.9 Å². The van der Waals surface area contributed by atoms with Crippen LogP contribution in [0.1, 0.15) is 47.8 Å². The number of nitriles is 1. The topological polar surface area (TPSA) is 72.2 Å². The highest BCUT2D eigenvalue weighted by atomic mass is 32.2. The number of pyridine rings is 1. The van der Waals surface area contributed by atoms with Crippen LogP contribution < -0.4 is 0 Å². The van der Waals surface area contributed by atoms with Crippen molar-refractivity contribution in [1.82, 2.24) is 4.98 Å². The first-order valence-corrected chi connectivity index (χ1v) is 8.47. The van der Waals surface area contributed by atoms with Crippen LogP contribution in [-0.2, 0) is 9.47 Å². The molecule has 1 aromatic rings. The van der Waals surface area contributed by atoms with E-state index in [9.17, 15) is 10.1 Å². The summed E-state index contributed by atoms with van der Waals surface area (Å²) in [6, 6.07) is 3.69. The van der Waals surface area contributed by atoms with Crippen LogP contribution in [0.25, 0.3) is 0 Å². The van der Waals surface area contributed by atoms with Crippen molar-refractivity contribution in [2.45, 2.75) is 44.2 Å². The van der Waals surface area contributed by atoms with Crippen molar-refractivity contribution in [2.24, 2.45) is 0 Å². The first kappa shape index (κ1) is 16.8. The summed E-state index contributed by atoms with van der Waals surface area (Å²) in [7, 11) is 0. The Morgan fingerprint density at radius 2 is 2.41 bits per heavy atom. The monoisotopic (exact) mass is 320 g/mol. The van der Waals surface area contributed by atoms with Crippen molar-refractivity contribution < 1.29 is 14.3 Å². The Kier molecular flexibility index (Phi) is 6.22. The lowest BCUT2D eigenvalue weighted by Crippen LogP contribution is -2.21. The molecule has 6 heteroatoms. The van der Waals surface area contributed by atoms with Crippen LogP contribution >= 0.6 is 11.8 Å². The maximum atomic E-state index is 11.9. The minimum atomic E-state index is -0.434. The SMILES string of the molecule is CCOC(=O)c1cc(C#N)c(SC[C@@H]2CCCCO2)nc1C. The number of carbonyl (C=O) groups is 1. The van der Waals surface area contributed by atoms with E-state index in [1.807, 2.05) is 0 Å².